The lowest BCUT2D eigenvalue weighted by atomic mass is 10.1. The van der Waals surface area contributed by atoms with Gasteiger partial charge in [0.2, 0.25) is 5.91 Å². The van der Waals surface area contributed by atoms with Crippen LogP contribution in [-0.2, 0) is 9.59 Å². The Morgan fingerprint density at radius 1 is 1.70 bits per heavy atom. The van der Waals surface area contributed by atoms with E-state index < -0.39 is 0 Å². The number of carbonyl (C=O) groups excluding carboxylic acids is 2. The summed E-state index contributed by atoms with van der Waals surface area (Å²) in [6.45, 7) is 0.655. The van der Waals surface area contributed by atoms with Crippen molar-refractivity contribution in [3.05, 3.63) is 0 Å². The lowest BCUT2D eigenvalue weighted by Crippen LogP contribution is -2.19. The Hall–Kier alpha value is -0.900. The molecule has 0 bridgehead atoms. The molecule has 4 nitrogen and oxygen atoms in total. The zero-order valence-electron chi connectivity index (χ0n) is 5.83. The lowest BCUT2D eigenvalue weighted by molar-refractivity contribution is -0.126. The van der Waals surface area contributed by atoms with E-state index in [0.717, 1.165) is 7.11 Å². The van der Waals surface area contributed by atoms with Crippen molar-refractivity contribution in [2.45, 2.75) is 6.42 Å². The minimum Gasteiger partial charge on any atom is -0.400 e. The van der Waals surface area contributed by atoms with Crippen molar-refractivity contribution in [1.29, 1.82) is 0 Å². The van der Waals surface area contributed by atoms with E-state index in [1.54, 1.807) is 0 Å². The zero-order chi connectivity index (χ0) is 7.98. The molecule has 10 heavy (non-hydrogen) atoms. The molecule has 1 atom stereocenters. The van der Waals surface area contributed by atoms with Crippen LogP contribution in [0.3, 0.4) is 0 Å². The topological polar surface area (TPSA) is 66.4 Å². The fourth-order valence-electron chi connectivity index (χ4n) is 0.743. The third-order valence-corrected chi connectivity index (χ3v) is 1.26. The summed E-state index contributed by atoms with van der Waals surface area (Å²) in [6.07, 6.45) is 1.37. The summed E-state index contributed by atoms with van der Waals surface area (Å²) in [4.78, 5) is 20.4. The maximum atomic E-state index is 10.5. The minimum absolute atomic E-state index is 0.125. The first-order valence-electron chi connectivity index (χ1n) is 3.02. The number of aliphatic hydroxyl groups excluding tert-OH is 1. The number of hydrogen-bond acceptors (Lipinski definition) is 3. The van der Waals surface area contributed by atoms with E-state index in [1.165, 1.54) is 0 Å². The van der Waals surface area contributed by atoms with Gasteiger partial charge >= 0.3 is 0 Å². The molecular formula is C6H11NO3. The molecule has 1 aliphatic rings. The monoisotopic (exact) mass is 145 g/mol. The highest BCUT2D eigenvalue weighted by molar-refractivity contribution is 5.93. The van der Waals surface area contributed by atoms with Gasteiger partial charge in [-0.05, 0) is 6.42 Å². The molecule has 0 aromatic carbocycles. The highest BCUT2D eigenvalue weighted by atomic mass is 16.2. The number of aldehydes is 1. The minimum atomic E-state index is -0.366. The molecule has 1 heterocycles. The van der Waals surface area contributed by atoms with Crippen molar-refractivity contribution in [3.8, 4) is 0 Å². The molecule has 0 aliphatic carbocycles. The standard InChI is InChI=1S/C5H7NO2.CH4O/c7-3-4-1-2-6-5(4)8;1-2/h3-4H,1-2H2,(H,6,8);2H,1H3. The van der Waals surface area contributed by atoms with Crippen LogP contribution in [0.1, 0.15) is 6.42 Å². The zero-order valence-corrected chi connectivity index (χ0v) is 5.83. The molecule has 58 valence electrons. The molecular weight excluding hydrogens is 134 g/mol. The van der Waals surface area contributed by atoms with Crippen molar-refractivity contribution in [3.63, 3.8) is 0 Å². The molecule has 0 radical (unpaired) electrons. The summed E-state index contributed by atoms with van der Waals surface area (Å²) >= 11 is 0. The van der Waals surface area contributed by atoms with Crippen LogP contribution in [0.15, 0.2) is 0 Å². The van der Waals surface area contributed by atoms with Crippen LogP contribution < -0.4 is 5.32 Å². The molecule has 1 saturated heterocycles. The first-order chi connectivity index (χ1) is 4.84. The molecule has 2 N–H and O–H groups in total. The van der Waals surface area contributed by atoms with Gasteiger partial charge in [-0.2, -0.15) is 0 Å². The molecule has 0 aromatic rings. The van der Waals surface area contributed by atoms with Gasteiger partial charge in [0.15, 0.2) is 0 Å². The van der Waals surface area contributed by atoms with Crippen LogP contribution >= 0.6 is 0 Å². The van der Waals surface area contributed by atoms with Crippen LogP contribution in [0.4, 0.5) is 0 Å². The number of rotatable bonds is 1. The number of carbonyl (C=O) groups is 2. The first-order valence-corrected chi connectivity index (χ1v) is 3.02. The normalized spacial score (nSPS) is 22.6. The number of aliphatic hydroxyl groups is 1. The van der Waals surface area contributed by atoms with E-state index in [0.29, 0.717) is 19.3 Å². The largest absolute Gasteiger partial charge is 0.400 e. The highest BCUT2D eigenvalue weighted by Gasteiger charge is 2.22. The molecule has 0 aromatic heterocycles. The molecule has 0 saturated carbocycles. The maximum Gasteiger partial charge on any atom is 0.230 e. The van der Waals surface area contributed by atoms with Gasteiger partial charge in [0.05, 0.1) is 5.92 Å². The lowest BCUT2D eigenvalue weighted by Gasteiger charge is -1.89. The van der Waals surface area contributed by atoms with Crippen LogP contribution in [0, 0.1) is 5.92 Å². The number of hydrogen-bond donors (Lipinski definition) is 2. The summed E-state index contributed by atoms with van der Waals surface area (Å²) in [6, 6.07) is 0. The Morgan fingerprint density at radius 2 is 2.30 bits per heavy atom. The molecule has 4 heteroatoms. The van der Waals surface area contributed by atoms with E-state index in [-0.39, 0.29) is 11.8 Å². The average Bonchev–Trinajstić information content (AvgIpc) is 2.39. The van der Waals surface area contributed by atoms with Crippen molar-refractivity contribution in [2.24, 2.45) is 5.92 Å². The van der Waals surface area contributed by atoms with E-state index in [1.807, 2.05) is 0 Å². The fraction of sp³-hybridized carbons (Fsp3) is 0.667. The van der Waals surface area contributed by atoms with E-state index >= 15 is 0 Å². The fourth-order valence-corrected chi connectivity index (χ4v) is 0.743. The van der Waals surface area contributed by atoms with Gasteiger partial charge in [-0.1, -0.05) is 0 Å². The van der Waals surface area contributed by atoms with Gasteiger partial charge in [-0.25, -0.2) is 0 Å². The van der Waals surface area contributed by atoms with E-state index in [9.17, 15) is 9.59 Å². The highest BCUT2D eigenvalue weighted by Crippen LogP contribution is 2.03. The number of nitrogens with one attached hydrogen (secondary N) is 1. The van der Waals surface area contributed by atoms with Crippen molar-refractivity contribution in [2.75, 3.05) is 13.7 Å². The molecule has 1 fully saturated rings. The van der Waals surface area contributed by atoms with Gasteiger partial charge in [-0.3, -0.25) is 4.79 Å². The Balaban J connectivity index is 0.000000371. The van der Waals surface area contributed by atoms with Crippen LogP contribution in [0.5, 0.6) is 0 Å². The molecule has 1 amide bonds. The van der Waals surface area contributed by atoms with Gasteiger partial charge in [0, 0.05) is 13.7 Å². The second-order valence-corrected chi connectivity index (χ2v) is 1.82. The van der Waals surface area contributed by atoms with E-state index in [4.69, 9.17) is 5.11 Å². The average molecular weight is 145 g/mol. The second kappa shape index (κ2) is 4.93. The Labute approximate surface area is 59.2 Å². The SMILES string of the molecule is CO.O=CC1CCNC1=O. The van der Waals surface area contributed by atoms with Gasteiger partial charge < -0.3 is 15.2 Å². The Morgan fingerprint density at radius 3 is 2.50 bits per heavy atom. The van der Waals surface area contributed by atoms with Crippen molar-refractivity contribution in [1.82, 2.24) is 5.32 Å². The quantitative estimate of drug-likeness (QED) is 0.364. The number of amides is 1. The summed E-state index contributed by atoms with van der Waals surface area (Å²) in [5.41, 5.74) is 0. The Bertz CT molecular complexity index is 124. The van der Waals surface area contributed by atoms with Crippen molar-refractivity contribution < 1.29 is 14.7 Å². The third-order valence-electron chi connectivity index (χ3n) is 1.26. The first kappa shape index (κ1) is 9.10. The van der Waals surface area contributed by atoms with Gasteiger partial charge in [-0.15, -0.1) is 0 Å². The summed E-state index contributed by atoms with van der Waals surface area (Å²) in [5, 5.41) is 9.55. The van der Waals surface area contributed by atoms with Crippen LogP contribution in [0.2, 0.25) is 0 Å². The van der Waals surface area contributed by atoms with Gasteiger partial charge in [0.25, 0.3) is 0 Å². The van der Waals surface area contributed by atoms with Gasteiger partial charge in [0.1, 0.15) is 6.29 Å². The van der Waals surface area contributed by atoms with Crippen LogP contribution in [-0.4, -0.2) is 31.0 Å². The van der Waals surface area contributed by atoms with E-state index in [2.05, 4.69) is 5.32 Å². The second-order valence-electron chi connectivity index (χ2n) is 1.82. The third kappa shape index (κ3) is 2.14. The summed E-state index contributed by atoms with van der Waals surface area (Å²) < 4.78 is 0. The predicted octanol–water partition coefficient (Wildman–Crippen LogP) is -1.07. The molecule has 1 rings (SSSR count). The summed E-state index contributed by atoms with van der Waals surface area (Å²) in [5.74, 6) is -0.491. The Kier molecular flexibility index (Phi) is 4.49. The predicted molar refractivity (Wildman–Crippen MR) is 35.3 cm³/mol. The molecule has 1 unspecified atom stereocenters. The van der Waals surface area contributed by atoms with Crippen LogP contribution in [0.25, 0.3) is 0 Å². The smallest absolute Gasteiger partial charge is 0.230 e. The maximum absolute atomic E-state index is 10.5. The molecule has 1 aliphatic heterocycles. The molecule has 0 spiro atoms. The van der Waals surface area contributed by atoms with Crippen molar-refractivity contribution >= 4 is 12.2 Å². The summed E-state index contributed by atoms with van der Waals surface area (Å²) in [7, 11) is 1.00.